The van der Waals surface area contributed by atoms with Crippen LogP contribution in [0.15, 0.2) is 0 Å². The molecule has 0 unspecified atom stereocenters. The van der Waals surface area contributed by atoms with Crippen LogP contribution in [0.3, 0.4) is 0 Å². The summed E-state index contributed by atoms with van der Waals surface area (Å²) in [7, 11) is -3.17. The monoisotopic (exact) mass is 320 g/mol. The number of ether oxygens (including phenoxy) is 1. The van der Waals surface area contributed by atoms with E-state index in [0.29, 0.717) is 19.5 Å². The molecule has 2 atom stereocenters. The van der Waals surface area contributed by atoms with E-state index in [2.05, 4.69) is 0 Å². The predicted octanol–water partition coefficient (Wildman–Crippen LogP) is 1.39. The molecule has 21 heavy (non-hydrogen) atoms. The van der Waals surface area contributed by atoms with E-state index in [1.165, 1.54) is 0 Å². The molecule has 0 aromatic rings. The van der Waals surface area contributed by atoms with Crippen LogP contribution in [0, 0.1) is 5.92 Å². The summed E-state index contributed by atoms with van der Waals surface area (Å²) in [6.45, 7) is 9.59. The first-order valence-corrected chi connectivity index (χ1v) is 9.09. The number of carbonyl (C=O) groups excluding carboxylic acids is 1. The first-order valence-electron chi connectivity index (χ1n) is 7.37. The fourth-order valence-electron chi connectivity index (χ4n) is 2.21. The van der Waals surface area contributed by atoms with E-state index < -0.39 is 26.8 Å². The number of hydrogen-bond donors (Lipinski definition) is 1. The zero-order valence-electron chi connectivity index (χ0n) is 13.6. The third kappa shape index (κ3) is 5.47. The number of amides is 1. The van der Waals surface area contributed by atoms with Crippen LogP contribution >= 0.6 is 0 Å². The fraction of sp³-hybridized carbons (Fsp3) is 0.929. The molecule has 0 saturated carbocycles. The van der Waals surface area contributed by atoms with E-state index in [9.17, 15) is 13.2 Å². The number of likely N-dealkylation sites (tertiary alicyclic amines) is 1. The van der Waals surface area contributed by atoms with Gasteiger partial charge in [-0.1, -0.05) is 0 Å². The summed E-state index contributed by atoms with van der Waals surface area (Å²) in [5.74, 6) is -0.218. The largest absolute Gasteiger partial charge is 0.444 e. The summed E-state index contributed by atoms with van der Waals surface area (Å²) < 4.78 is 29.5. The predicted molar refractivity (Wildman–Crippen MR) is 82.8 cm³/mol. The van der Waals surface area contributed by atoms with Crippen molar-refractivity contribution in [1.29, 1.82) is 0 Å². The van der Waals surface area contributed by atoms with Gasteiger partial charge in [-0.3, -0.25) is 0 Å². The number of hydrogen-bond acceptors (Lipinski definition) is 5. The van der Waals surface area contributed by atoms with E-state index >= 15 is 0 Å². The molecule has 1 saturated heterocycles. The number of nitrogens with two attached hydrogens (primary N) is 1. The SMILES string of the molecule is CC(C)S(=O)(=O)C[C@@H]1CN(C(=O)OC(C)(C)C)CC[C@@H]1N. The Bertz CT molecular complexity index is 468. The molecule has 124 valence electrons. The number of piperidine rings is 1. The molecule has 0 aromatic heterocycles. The smallest absolute Gasteiger partial charge is 0.410 e. The average Bonchev–Trinajstić information content (AvgIpc) is 2.29. The molecule has 1 amide bonds. The Kier molecular flexibility index (Phi) is 5.66. The van der Waals surface area contributed by atoms with Gasteiger partial charge < -0.3 is 15.4 Å². The zero-order chi connectivity index (χ0) is 16.4. The average molecular weight is 320 g/mol. The first kappa shape index (κ1) is 18.2. The van der Waals surface area contributed by atoms with E-state index in [4.69, 9.17) is 10.5 Å². The van der Waals surface area contributed by atoms with Gasteiger partial charge in [0.05, 0.1) is 11.0 Å². The second-order valence-electron chi connectivity index (χ2n) is 7.02. The molecule has 0 aliphatic carbocycles. The summed E-state index contributed by atoms with van der Waals surface area (Å²) >= 11 is 0. The normalized spacial score (nSPS) is 24.2. The van der Waals surface area contributed by atoms with Crippen molar-refractivity contribution >= 4 is 15.9 Å². The molecule has 1 rings (SSSR count). The molecule has 1 aliphatic rings. The maximum absolute atomic E-state index is 12.1. The molecule has 1 heterocycles. The van der Waals surface area contributed by atoms with Crippen LogP contribution < -0.4 is 5.73 Å². The molecule has 0 spiro atoms. The van der Waals surface area contributed by atoms with Gasteiger partial charge >= 0.3 is 6.09 Å². The van der Waals surface area contributed by atoms with Crippen LogP contribution in [0.25, 0.3) is 0 Å². The Morgan fingerprint density at radius 2 is 1.95 bits per heavy atom. The zero-order valence-corrected chi connectivity index (χ0v) is 14.4. The van der Waals surface area contributed by atoms with Crippen LogP contribution in [0.2, 0.25) is 0 Å². The van der Waals surface area contributed by atoms with E-state index in [-0.39, 0.29) is 17.7 Å². The molecular weight excluding hydrogens is 292 g/mol. The summed E-state index contributed by atoms with van der Waals surface area (Å²) in [5, 5.41) is -0.429. The maximum Gasteiger partial charge on any atom is 0.410 e. The number of sulfone groups is 1. The minimum atomic E-state index is -3.17. The van der Waals surface area contributed by atoms with Crippen molar-refractivity contribution in [2.24, 2.45) is 11.7 Å². The van der Waals surface area contributed by atoms with Gasteiger partial charge in [0.15, 0.2) is 9.84 Å². The molecule has 0 bridgehead atoms. The van der Waals surface area contributed by atoms with Gasteiger partial charge in [-0.2, -0.15) is 0 Å². The second-order valence-corrected chi connectivity index (χ2v) is 9.62. The van der Waals surface area contributed by atoms with E-state index in [1.807, 2.05) is 0 Å². The van der Waals surface area contributed by atoms with Crippen molar-refractivity contribution in [3.05, 3.63) is 0 Å². The highest BCUT2D eigenvalue weighted by atomic mass is 32.2. The van der Waals surface area contributed by atoms with Gasteiger partial charge in [-0.15, -0.1) is 0 Å². The Morgan fingerprint density at radius 1 is 1.38 bits per heavy atom. The van der Waals surface area contributed by atoms with Crippen LogP contribution in [0.1, 0.15) is 41.0 Å². The van der Waals surface area contributed by atoms with Crippen LogP contribution in [-0.2, 0) is 14.6 Å². The number of carbonyl (C=O) groups is 1. The summed E-state index contributed by atoms with van der Waals surface area (Å²) in [6.07, 6.45) is 0.193. The lowest BCUT2D eigenvalue weighted by Crippen LogP contribution is -2.52. The van der Waals surface area contributed by atoms with Crippen molar-refractivity contribution in [3.8, 4) is 0 Å². The summed E-state index contributed by atoms with van der Waals surface area (Å²) in [6, 6.07) is -0.197. The molecule has 1 aliphatic heterocycles. The van der Waals surface area contributed by atoms with Crippen molar-refractivity contribution in [2.75, 3.05) is 18.8 Å². The topological polar surface area (TPSA) is 89.7 Å². The molecule has 7 heteroatoms. The third-order valence-corrected chi connectivity index (χ3v) is 5.94. The van der Waals surface area contributed by atoms with Gasteiger partial charge in [-0.25, -0.2) is 13.2 Å². The van der Waals surface area contributed by atoms with Crippen LogP contribution in [0.5, 0.6) is 0 Å². The van der Waals surface area contributed by atoms with Gasteiger partial charge in [0, 0.05) is 25.0 Å². The maximum atomic E-state index is 12.1. The highest BCUT2D eigenvalue weighted by molar-refractivity contribution is 7.91. The fourth-order valence-corrected chi connectivity index (χ4v) is 3.54. The Labute approximate surface area is 127 Å². The van der Waals surface area contributed by atoms with Crippen LogP contribution in [-0.4, -0.2) is 55.1 Å². The molecular formula is C14H28N2O4S. The van der Waals surface area contributed by atoms with Gasteiger partial charge in [0.25, 0.3) is 0 Å². The lowest BCUT2D eigenvalue weighted by atomic mass is 9.95. The lowest BCUT2D eigenvalue weighted by molar-refractivity contribution is 0.0160. The van der Waals surface area contributed by atoms with Gasteiger partial charge in [0.2, 0.25) is 0 Å². The number of nitrogens with zero attached hydrogens (tertiary/aromatic N) is 1. The van der Waals surface area contributed by atoms with Crippen LogP contribution in [0.4, 0.5) is 4.79 Å². The second kappa shape index (κ2) is 6.52. The molecule has 1 fully saturated rings. The summed E-state index contributed by atoms with van der Waals surface area (Å²) in [4.78, 5) is 13.6. The van der Waals surface area contributed by atoms with Crippen molar-refractivity contribution < 1.29 is 17.9 Å². The van der Waals surface area contributed by atoms with Crippen molar-refractivity contribution in [2.45, 2.75) is 57.9 Å². The molecule has 6 nitrogen and oxygen atoms in total. The van der Waals surface area contributed by atoms with Crippen molar-refractivity contribution in [3.63, 3.8) is 0 Å². The molecule has 0 radical (unpaired) electrons. The third-order valence-electron chi connectivity index (χ3n) is 3.61. The Hall–Kier alpha value is -0.820. The standard InChI is InChI=1S/C14H28N2O4S/c1-10(2)21(18,19)9-11-8-16(7-6-12(11)15)13(17)20-14(3,4)5/h10-12H,6-9,15H2,1-5H3/t11-,12-/m0/s1. The highest BCUT2D eigenvalue weighted by Crippen LogP contribution is 2.21. The quantitative estimate of drug-likeness (QED) is 0.849. The van der Waals surface area contributed by atoms with Crippen molar-refractivity contribution in [1.82, 2.24) is 4.90 Å². The Morgan fingerprint density at radius 3 is 2.43 bits per heavy atom. The first-order chi connectivity index (χ1) is 9.42. The minimum absolute atomic E-state index is 0.0190. The number of rotatable bonds is 3. The molecule has 0 aromatic carbocycles. The lowest BCUT2D eigenvalue weighted by Gasteiger charge is -2.37. The van der Waals surface area contributed by atoms with E-state index in [1.54, 1.807) is 39.5 Å². The van der Waals surface area contributed by atoms with Gasteiger partial charge in [0.1, 0.15) is 5.60 Å². The highest BCUT2D eigenvalue weighted by Gasteiger charge is 2.35. The molecule has 2 N–H and O–H groups in total. The summed E-state index contributed by atoms with van der Waals surface area (Å²) in [5.41, 5.74) is 5.47. The van der Waals surface area contributed by atoms with E-state index in [0.717, 1.165) is 0 Å². The minimum Gasteiger partial charge on any atom is -0.444 e. The Balaban J connectivity index is 2.73. The van der Waals surface area contributed by atoms with Gasteiger partial charge in [-0.05, 0) is 41.0 Å².